The summed E-state index contributed by atoms with van der Waals surface area (Å²) in [5, 5.41) is 8.52. The van der Waals surface area contributed by atoms with Crippen LogP contribution in [0.1, 0.15) is 142 Å². The minimum atomic E-state index is -4.19. The van der Waals surface area contributed by atoms with E-state index in [1.165, 1.54) is 70.6 Å². The van der Waals surface area contributed by atoms with Crippen molar-refractivity contribution in [1.29, 1.82) is 0 Å². The summed E-state index contributed by atoms with van der Waals surface area (Å²) >= 11 is 0. The first kappa shape index (κ1) is 33.0. The molecule has 2 unspecified atom stereocenters. The predicted octanol–water partition coefficient (Wildman–Crippen LogP) is 4.11. The molecule has 30 heavy (non-hydrogen) atoms. The summed E-state index contributed by atoms with van der Waals surface area (Å²) in [4.78, 5) is 0. The van der Waals surface area contributed by atoms with E-state index < -0.39 is 15.4 Å². The van der Waals surface area contributed by atoms with E-state index in [0.717, 1.165) is 44.9 Å². The molecule has 176 valence electrons. The minimum Gasteiger partial charge on any atom is -0.748 e. The molecule has 0 aliphatic heterocycles. The van der Waals surface area contributed by atoms with E-state index in [9.17, 15) is 18.1 Å². The molecule has 4 nitrogen and oxygen atoms in total. The normalized spacial score (nSPS) is 13.7. The monoisotopic (exact) mass is 456 g/mol. The summed E-state index contributed by atoms with van der Waals surface area (Å²) < 4.78 is 34.4. The third kappa shape index (κ3) is 23.5. The van der Waals surface area contributed by atoms with Crippen LogP contribution >= 0.6 is 0 Å². The van der Waals surface area contributed by atoms with E-state index in [1.54, 1.807) is 6.92 Å². The molecule has 0 spiro atoms. The fraction of sp³-hybridized carbons (Fsp3) is 1.00. The van der Waals surface area contributed by atoms with Crippen molar-refractivity contribution in [3.8, 4) is 0 Å². The van der Waals surface area contributed by atoms with Crippen LogP contribution in [0.2, 0.25) is 0 Å². The van der Waals surface area contributed by atoms with Crippen molar-refractivity contribution in [2.45, 2.75) is 154 Å². The Labute approximate surface area is 210 Å². The van der Waals surface area contributed by atoms with Gasteiger partial charge in [-0.3, -0.25) is 0 Å². The van der Waals surface area contributed by atoms with Gasteiger partial charge < -0.3 is 9.66 Å². The van der Waals surface area contributed by atoms with Crippen LogP contribution in [-0.4, -0.2) is 29.4 Å². The SMILES string of the molecule is CCCCCCCCCCCCCCCCC(CCCCCC(C)O)S(=O)(=O)[O-].[Na+]. The second kappa shape index (κ2) is 23.0. The number of unbranched alkanes of at least 4 members (excludes halogenated alkanes) is 15. The summed E-state index contributed by atoms with van der Waals surface area (Å²) in [6.45, 7) is 4.02. The van der Waals surface area contributed by atoms with Crippen LogP contribution in [0.25, 0.3) is 0 Å². The fourth-order valence-corrected chi connectivity index (χ4v) is 4.90. The van der Waals surface area contributed by atoms with Gasteiger partial charge in [0.2, 0.25) is 0 Å². The molecule has 0 amide bonds. The van der Waals surface area contributed by atoms with Crippen molar-refractivity contribution in [3.05, 3.63) is 0 Å². The molecule has 6 heteroatoms. The Morgan fingerprint density at radius 2 is 0.933 bits per heavy atom. The predicted molar refractivity (Wildman–Crippen MR) is 123 cm³/mol. The van der Waals surface area contributed by atoms with Crippen molar-refractivity contribution >= 4 is 10.1 Å². The molecule has 0 bridgehead atoms. The molecule has 0 aliphatic carbocycles. The van der Waals surface area contributed by atoms with Crippen molar-refractivity contribution in [2.75, 3.05) is 0 Å². The zero-order chi connectivity index (χ0) is 21.8. The molecule has 0 aliphatic rings. The van der Waals surface area contributed by atoms with Crippen molar-refractivity contribution in [3.63, 3.8) is 0 Å². The molecule has 0 rings (SSSR count). The van der Waals surface area contributed by atoms with Crippen LogP contribution < -0.4 is 29.6 Å². The molecule has 0 saturated carbocycles. The average Bonchev–Trinajstić information content (AvgIpc) is 2.65. The Morgan fingerprint density at radius 1 is 0.633 bits per heavy atom. The molecule has 1 N–H and O–H groups in total. The standard InChI is InChI=1S/C24H50O4S.Na/c1-3-4-5-6-7-8-9-10-11-12-13-14-15-18-21-24(29(26,27)28)22-19-16-17-20-23(2)25;/h23-25H,3-22H2,1-2H3,(H,26,27,28);/q;+1/p-1. The first-order chi connectivity index (χ1) is 13.9. The maximum absolute atomic E-state index is 11.5. The van der Waals surface area contributed by atoms with E-state index in [0.29, 0.717) is 12.8 Å². The number of hydrogen-bond donors (Lipinski definition) is 1. The number of hydrogen-bond acceptors (Lipinski definition) is 4. The molecular weight excluding hydrogens is 407 g/mol. The third-order valence-corrected chi connectivity index (χ3v) is 7.22. The smallest absolute Gasteiger partial charge is 0.748 e. The van der Waals surface area contributed by atoms with E-state index in [1.807, 2.05) is 0 Å². The van der Waals surface area contributed by atoms with Crippen molar-refractivity contribution < 1.29 is 47.6 Å². The van der Waals surface area contributed by atoms with Gasteiger partial charge in [-0.2, -0.15) is 0 Å². The van der Waals surface area contributed by atoms with Crippen molar-refractivity contribution in [1.82, 2.24) is 0 Å². The topological polar surface area (TPSA) is 77.4 Å². The second-order valence-corrected chi connectivity index (χ2v) is 10.6. The molecule has 0 aromatic rings. The molecule has 2 atom stereocenters. The van der Waals surface area contributed by atoms with Gasteiger partial charge >= 0.3 is 29.6 Å². The zero-order valence-corrected chi connectivity index (χ0v) is 23.2. The third-order valence-electron chi connectivity index (χ3n) is 5.94. The van der Waals surface area contributed by atoms with Gasteiger partial charge in [-0.1, -0.05) is 116 Å². The Kier molecular flexibility index (Phi) is 25.4. The molecule has 0 heterocycles. The van der Waals surface area contributed by atoms with Crippen LogP contribution in [0.3, 0.4) is 0 Å². The zero-order valence-electron chi connectivity index (χ0n) is 20.4. The Hall–Kier alpha value is 0.870. The van der Waals surface area contributed by atoms with E-state index >= 15 is 0 Å². The maximum atomic E-state index is 11.5. The van der Waals surface area contributed by atoms with Crippen LogP contribution in [0.5, 0.6) is 0 Å². The minimum absolute atomic E-state index is 0. The first-order valence-corrected chi connectivity index (χ1v) is 14.0. The molecule has 0 fully saturated rings. The quantitative estimate of drug-likeness (QED) is 0.151. The summed E-state index contributed by atoms with van der Waals surface area (Å²) in [7, 11) is -4.19. The first-order valence-electron chi connectivity index (χ1n) is 12.5. The van der Waals surface area contributed by atoms with Gasteiger partial charge in [-0.05, 0) is 26.2 Å². The fourth-order valence-electron chi connectivity index (χ4n) is 3.99. The van der Waals surface area contributed by atoms with Crippen LogP contribution in [-0.2, 0) is 10.1 Å². The molecule has 0 saturated heterocycles. The summed E-state index contributed by atoms with van der Waals surface area (Å²) in [5.41, 5.74) is 0. The molecule has 0 radical (unpaired) electrons. The van der Waals surface area contributed by atoms with Crippen LogP contribution in [0.15, 0.2) is 0 Å². The molecule has 0 aromatic carbocycles. The summed E-state index contributed by atoms with van der Waals surface area (Å²) in [6.07, 6.45) is 21.8. The van der Waals surface area contributed by atoms with Gasteiger partial charge in [0.25, 0.3) is 0 Å². The van der Waals surface area contributed by atoms with Gasteiger partial charge in [-0.15, -0.1) is 0 Å². The van der Waals surface area contributed by atoms with Gasteiger partial charge in [0, 0.05) is 5.25 Å². The van der Waals surface area contributed by atoms with Crippen molar-refractivity contribution in [2.24, 2.45) is 0 Å². The Balaban J connectivity index is 0. The molecule has 0 aromatic heterocycles. The van der Waals surface area contributed by atoms with Crippen LogP contribution in [0, 0.1) is 0 Å². The van der Waals surface area contributed by atoms with E-state index in [-0.39, 0.29) is 35.7 Å². The van der Waals surface area contributed by atoms with Crippen LogP contribution in [0.4, 0.5) is 0 Å². The van der Waals surface area contributed by atoms with Gasteiger partial charge in [-0.25, -0.2) is 8.42 Å². The van der Waals surface area contributed by atoms with Gasteiger partial charge in [0.15, 0.2) is 0 Å². The number of aliphatic hydroxyl groups is 1. The largest absolute Gasteiger partial charge is 1.00 e. The maximum Gasteiger partial charge on any atom is 1.00 e. The number of aliphatic hydroxyl groups excluding tert-OH is 1. The summed E-state index contributed by atoms with van der Waals surface area (Å²) in [6, 6.07) is 0. The second-order valence-electron chi connectivity index (χ2n) is 8.99. The van der Waals surface area contributed by atoms with Gasteiger partial charge in [0.1, 0.15) is 0 Å². The van der Waals surface area contributed by atoms with E-state index in [2.05, 4.69) is 6.92 Å². The number of rotatable bonds is 22. The Morgan fingerprint density at radius 3 is 1.27 bits per heavy atom. The van der Waals surface area contributed by atoms with E-state index in [4.69, 9.17) is 0 Å². The Bertz CT molecular complexity index is 440. The van der Waals surface area contributed by atoms with Gasteiger partial charge in [0.05, 0.1) is 16.2 Å². The average molecular weight is 457 g/mol. The summed E-state index contributed by atoms with van der Waals surface area (Å²) in [5.74, 6) is 0. The molecular formula is C24H49NaO4S.